The Morgan fingerprint density at radius 2 is 1.96 bits per heavy atom. The van der Waals surface area contributed by atoms with E-state index in [0.29, 0.717) is 12.2 Å². The Labute approximate surface area is 136 Å². The molecule has 0 radical (unpaired) electrons. The first-order valence-electron chi connectivity index (χ1n) is 7.09. The van der Waals surface area contributed by atoms with Gasteiger partial charge in [0.05, 0.1) is 11.3 Å². The number of rotatable bonds is 5. The Morgan fingerprint density at radius 1 is 1.17 bits per heavy atom. The maximum Gasteiger partial charge on any atom is 0.294 e. The fraction of sp³-hybridized carbons (Fsp3) is 0.0625. The van der Waals surface area contributed by atoms with E-state index < -0.39 is 4.92 Å². The van der Waals surface area contributed by atoms with Crippen LogP contribution in [0.2, 0.25) is 0 Å². The molecule has 3 rings (SSSR count). The van der Waals surface area contributed by atoms with Gasteiger partial charge in [0.25, 0.3) is 11.6 Å². The molecule has 2 aromatic heterocycles. The number of benzene rings is 1. The molecule has 120 valence electrons. The number of pyridine rings is 1. The van der Waals surface area contributed by atoms with Crippen molar-refractivity contribution >= 4 is 11.6 Å². The average Bonchev–Trinajstić information content (AvgIpc) is 3.14. The van der Waals surface area contributed by atoms with Crippen LogP contribution in [-0.4, -0.2) is 25.4 Å². The van der Waals surface area contributed by atoms with Crippen LogP contribution in [0.25, 0.3) is 5.69 Å². The number of hydrogen-bond donors (Lipinski definition) is 1. The van der Waals surface area contributed by atoms with Crippen molar-refractivity contribution in [3.63, 3.8) is 0 Å². The smallest absolute Gasteiger partial charge is 0.294 e. The maximum absolute atomic E-state index is 12.2. The molecule has 0 spiro atoms. The van der Waals surface area contributed by atoms with E-state index in [-0.39, 0.29) is 17.2 Å². The first-order valence-corrected chi connectivity index (χ1v) is 7.09. The molecule has 0 fully saturated rings. The third-order valence-corrected chi connectivity index (χ3v) is 3.42. The summed E-state index contributed by atoms with van der Waals surface area (Å²) in [7, 11) is 0. The molecule has 0 unspecified atom stereocenters. The molecular weight excluding hydrogens is 310 g/mol. The van der Waals surface area contributed by atoms with E-state index in [2.05, 4.69) is 15.3 Å². The molecule has 0 aliphatic heterocycles. The van der Waals surface area contributed by atoms with Crippen LogP contribution in [0.4, 0.5) is 5.69 Å². The number of amides is 1. The number of nitrogens with zero attached hydrogens (tertiary/aromatic N) is 4. The second kappa shape index (κ2) is 6.69. The summed E-state index contributed by atoms with van der Waals surface area (Å²) in [5.74, 6) is -0.382. The molecule has 0 aliphatic rings. The lowest BCUT2D eigenvalue weighted by atomic mass is 10.1. The second-order valence-corrected chi connectivity index (χ2v) is 4.97. The van der Waals surface area contributed by atoms with Crippen LogP contribution in [0.1, 0.15) is 15.9 Å². The van der Waals surface area contributed by atoms with Crippen LogP contribution in [0.3, 0.4) is 0 Å². The molecule has 24 heavy (non-hydrogen) atoms. The van der Waals surface area contributed by atoms with Gasteiger partial charge in [-0.2, -0.15) is 0 Å². The average molecular weight is 323 g/mol. The highest BCUT2D eigenvalue weighted by Gasteiger charge is 2.18. The Bertz CT molecular complexity index is 863. The number of nitro groups is 1. The SMILES string of the molecule is O=C(NCc1ccncc1)c1ccc(-n2ccnc2)c([N+](=O)[O-])c1. The molecule has 8 nitrogen and oxygen atoms in total. The third-order valence-electron chi connectivity index (χ3n) is 3.42. The van der Waals surface area contributed by atoms with E-state index in [0.717, 1.165) is 5.56 Å². The lowest BCUT2D eigenvalue weighted by Gasteiger charge is -2.08. The summed E-state index contributed by atoms with van der Waals surface area (Å²) in [4.78, 5) is 30.8. The highest BCUT2D eigenvalue weighted by Crippen LogP contribution is 2.24. The quantitative estimate of drug-likeness (QED) is 0.572. The number of hydrogen-bond acceptors (Lipinski definition) is 5. The van der Waals surface area contributed by atoms with E-state index >= 15 is 0 Å². The molecule has 0 bridgehead atoms. The van der Waals surface area contributed by atoms with Crippen LogP contribution in [-0.2, 0) is 6.54 Å². The number of aromatic nitrogens is 3. The van der Waals surface area contributed by atoms with Crippen molar-refractivity contribution in [2.45, 2.75) is 6.54 Å². The van der Waals surface area contributed by atoms with Crippen LogP contribution in [0, 0.1) is 10.1 Å². The molecule has 1 amide bonds. The van der Waals surface area contributed by atoms with Gasteiger partial charge in [-0.25, -0.2) is 4.98 Å². The lowest BCUT2D eigenvalue weighted by Crippen LogP contribution is -2.23. The first kappa shape index (κ1) is 15.3. The molecule has 2 heterocycles. The van der Waals surface area contributed by atoms with Crippen molar-refractivity contribution in [1.29, 1.82) is 0 Å². The zero-order valence-corrected chi connectivity index (χ0v) is 12.5. The fourth-order valence-corrected chi connectivity index (χ4v) is 2.22. The second-order valence-electron chi connectivity index (χ2n) is 4.97. The van der Waals surface area contributed by atoms with Crippen molar-refractivity contribution in [3.8, 4) is 5.69 Å². The van der Waals surface area contributed by atoms with Gasteiger partial charge in [-0.1, -0.05) is 0 Å². The monoisotopic (exact) mass is 323 g/mol. The minimum absolute atomic E-state index is 0.162. The van der Waals surface area contributed by atoms with E-state index in [9.17, 15) is 14.9 Å². The zero-order chi connectivity index (χ0) is 16.9. The molecule has 1 N–H and O–H groups in total. The van der Waals surface area contributed by atoms with E-state index in [1.165, 1.54) is 29.2 Å². The molecule has 0 atom stereocenters. The van der Waals surface area contributed by atoms with Gasteiger partial charge >= 0.3 is 0 Å². The standard InChI is InChI=1S/C16H13N5O3/c22-16(19-10-12-3-5-17-6-4-12)13-1-2-14(15(9-13)21(23)24)20-8-7-18-11-20/h1-9,11H,10H2,(H,19,22). The molecule has 0 saturated carbocycles. The van der Waals surface area contributed by atoms with Gasteiger partial charge < -0.3 is 9.88 Å². The first-order chi connectivity index (χ1) is 11.6. The molecule has 0 aliphatic carbocycles. The van der Waals surface area contributed by atoms with Gasteiger partial charge in [0, 0.05) is 43.0 Å². The summed E-state index contributed by atoms with van der Waals surface area (Å²) in [6.45, 7) is 0.318. The minimum atomic E-state index is -0.519. The molecular formula is C16H13N5O3. The minimum Gasteiger partial charge on any atom is -0.348 e. The summed E-state index contributed by atoms with van der Waals surface area (Å²) >= 11 is 0. The predicted octanol–water partition coefficient (Wildman–Crippen LogP) is 2.11. The van der Waals surface area contributed by atoms with Crippen molar-refractivity contribution in [3.05, 3.63) is 82.7 Å². The van der Waals surface area contributed by atoms with Crippen molar-refractivity contribution in [1.82, 2.24) is 19.9 Å². The largest absolute Gasteiger partial charge is 0.348 e. The molecule has 8 heteroatoms. The van der Waals surface area contributed by atoms with Gasteiger partial charge in [0.2, 0.25) is 0 Å². The van der Waals surface area contributed by atoms with E-state index in [1.54, 1.807) is 36.8 Å². The maximum atomic E-state index is 12.2. The summed E-state index contributed by atoms with van der Waals surface area (Å²) in [6.07, 6.45) is 7.86. The molecule has 3 aromatic rings. The molecule has 1 aromatic carbocycles. The van der Waals surface area contributed by atoms with Gasteiger partial charge in [0.1, 0.15) is 5.69 Å². The Kier molecular flexibility index (Phi) is 4.28. The Morgan fingerprint density at radius 3 is 2.62 bits per heavy atom. The predicted molar refractivity (Wildman–Crippen MR) is 85.6 cm³/mol. The van der Waals surface area contributed by atoms with Crippen molar-refractivity contribution in [2.75, 3.05) is 0 Å². The van der Waals surface area contributed by atoms with Gasteiger partial charge in [0.15, 0.2) is 0 Å². The van der Waals surface area contributed by atoms with Crippen LogP contribution in [0.15, 0.2) is 61.4 Å². The Balaban J connectivity index is 1.82. The van der Waals surface area contributed by atoms with Crippen LogP contribution < -0.4 is 5.32 Å². The number of carbonyl (C=O) groups excluding carboxylic acids is 1. The van der Waals surface area contributed by atoms with Crippen molar-refractivity contribution < 1.29 is 9.72 Å². The van der Waals surface area contributed by atoms with Crippen LogP contribution >= 0.6 is 0 Å². The number of imidazole rings is 1. The molecule has 0 saturated heterocycles. The fourth-order valence-electron chi connectivity index (χ4n) is 2.22. The van der Waals surface area contributed by atoms with Gasteiger partial charge in [-0.3, -0.25) is 19.9 Å². The third kappa shape index (κ3) is 3.27. The Hall–Kier alpha value is -3.55. The lowest BCUT2D eigenvalue weighted by molar-refractivity contribution is -0.384. The number of nitrogens with one attached hydrogen (secondary N) is 1. The highest BCUT2D eigenvalue weighted by molar-refractivity contribution is 5.95. The van der Waals surface area contributed by atoms with Crippen LogP contribution in [0.5, 0.6) is 0 Å². The zero-order valence-electron chi connectivity index (χ0n) is 12.5. The summed E-state index contributed by atoms with van der Waals surface area (Å²) in [5, 5.41) is 14.0. The number of carbonyl (C=O) groups is 1. The van der Waals surface area contributed by atoms with Gasteiger partial charge in [-0.15, -0.1) is 0 Å². The van der Waals surface area contributed by atoms with Gasteiger partial charge in [-0.05, 0) is 29.8 Å². The van der Waals surface area contributed by atoms with E-state index in [4.69, 9.17) is 0 Å². The normalized spacial score (nSPS) is 10.3. The summed E-state index contributed by atoms with van der Waals surface area (Å²) in [5.41, 5.74) is 1.30. The number of nitro benzene ring substituents is 1. The summed E-state index contributed by atoms with van der Waals surface area (Å²) < 4.78 is 1.52. The van der Waals surface area contributed by atoms with Crippen molar-refractivity contribution in [2.24, 2.45) is 0 Å². The highest BCUT2D eigenvalue weighted by atomic mass is 16.6. The van der Waals surface area contributed by atoms with E-state index in [1.807, 2.05) is 0 Å². The summed E-state index contributed by atoms with van der Waals surface area (Å²) in [6, 6.07) is 7.90. The topological polar surface area (TPSA) is 103 Å².